The summed E-state index contributed by atoms with van der Waals surface area (Å²) in [5.74, 6) is -0.143. The van der Waals surface area contributed by atoms with Crippen molar-refractivity contribution in [3.05, 3.63) is 28.1 Å². The molecule has 2 heterocycles. The second-order valence-electron chi connectivity index (χ2n) is 6.01. The lowest BCUT2D eigenvalue weighted by atomic mass is 10.1. The summed E-state index contributed by atoms with van der Waals surface area (Å²) in [5.41, 5.74) is 1.11. The second-order valence-corrected chi connectivity index (χ2v) is 8.49. The fourth-order valence-electron chi connectivity index (χ4n) is 2.85. The van der Waals surface area contributed by atoms with E-state index in [1.807, 2.05) is 0 Å². The zero-order chi connectivity index (χ0) is 19.6. The highest BCUT2D eigenvalue weighted by atomic mass is 35.5. The summed E-state index contributed by atoms with van der Waals surface area (Å²) in [6.07, 6.45) is 1.05. The van der Waals surface area contributed by atoms with Gasteiger partial charge in [-0.3, -0.25) is 4.79 Å². The van der Waals surface area contributed by atoms with E-state index >= 15 is 0 Å². The molecular formula is C15H17Cl2N5O4S. The van der Waals surface area contributed by atoms with Gasteiger partial charge in [-0.15, -0.1) is 0 Å². The molecule has 0 atom stereocenters. The molecule has 1 saturated heterocycles. The Balaban J connectivity index is 1.58. The van der Waals surface area contributed by atoms with Crippen LogP contribution in [0, 0.1) is 0 Å². The third-order valence-electron chi connectivity index (χ3n) is 4.26. The molecule has 0 saturated carbocycles. The minimum atomic E-state index is -3.48. The van der Waals surface area contributed by atoms with Gasteiger partial charge in [-0.25, -0.2) is 17.8 Å². The van der Waals surface area contributed by atoms with Crippen molar-refractivity contribution < 1.29 is 17.8 Å². The minimum absolute atomic E-state index is 0.00758. The topological polar surface area (TPSA) is 117 Å². The Labute approximate surface area is 165 Å². The predicted molar refractivity (Wildman–Crippen MR) is 102 cm³/mol. The van der Waals surface area contributed by atoms with Crippen LogP contribution in [0.4, 0.5) is 5.69 Å². The van der Waals surface area contributed by atoms with Gasteiger partial charge < -0.3 is 10.2 Å². The normalized spacial score (nSPS) is 15.9. The van der Waals surface area contributed by atoms with E-state index in [0.29, 0.717) is 52.7 Å². The van der Waals surface area contributed by atoms with Gasteiger partial charge >= 0.3 is 0 Å². The molecule has 0 bridgehead atoms. The van der Waals surface area contributed by atoms with Gasteiger partial charge in [0, 0.05) is 24.5 Å². The third kappa shape index (κ3) is 4.52. The fourth-order valence-corrected chi connectivity index (χ4v) is 4.20. The van der Waals surface area contributed by atoms with Crippen molar-refractivity contribution in [3.63, 3.8) is 0 Å². The number of anilines is 1. The summed E-state index contributed by atoms with van der Waals surface area (Å²) in [4.78, 5) is 14.1. The second kappa shape index (κ2) is 8.01. The van der Waals surface area contributed by atoms with Crippen LogP contribution in [-0.4, -0.2) is 55.2 Å². The van der Waals surface area contributed by atoms with Gasteiger partial charge in [0.15, 0.2) is 11.0 Å². The van der Waals surface area contributed by atoms with E-state index in [-0.39, 0.29) is 18.5 Å². The fraction of sp³-hybridized carbons (Fsp3) is 0.400. The van der Waals surface area contributed by atoms with Crippen LogP contribution in [0.25, 0.3) is 11.0 Å². The number of nitrogens with one attached hydrogen (secondary N) is 2. The molecule has 0 radical (unpaired) electrons. The molecular weight excluding hydrogens is 417 g/mol. The van der Waals surface area contributed by atoms with Gasteiger partial charge in [-0.05, 0) is 29.2 Å². The van der Waals surface area contributed by atoms with Crippen LogP contribution in [-0.2, 0) is 14.8 Å². The first kappa shape index (κ1) is 19.9. The molecule has 2 N–H and O–H groups in total. The quantitative estimate of drug-likeness (QED) is 0.714. The maximum absolute atomic E-state index is 12.5. The van der Waals surface area contributed by atoms with E-state index in [4.69, 9.17) is 23.2 Å². The van der Waals surface area contributed by atoms with Crippen molar-refractivity contribution >= 4 is 55.9 Å². The number of nitrogens with zero attached hydrogens (tertiary/aromatic N) is 3. The largest absolute Gasteiger partial charge is 0.373 e. The SMILES string of the molecule is C=CS(=O)(=O)NC1CCN(C(=O)CNc2c(Cl)cc(Cl)c3nonc23)CC1. The van der Waals surface area contributed by atoms with Crippen molar-refractivity contribution in [2.24, 2.45) is 0 Å². The number of benzene rings is 1. The van der Waals surface area contributed by atoms with Crippen LogP contribution in [0.2, 0.25) is 10.0 Å². The Bertz CT molecular complexity index is 970. The van der Waals surface area contributed by atoms with E-state index < -0.39 is 10.0 Å². The molecule has 1 fully saturated rings. The Hall–Kier alpha value is -1.88. The molecule has 1 aromatic carbocycles. The van der Waals surface area contributed by atoms with Crippen molar-refractivity contribution in [3.8, 4) is 0 Å². The van der Waals surface area contributed by atoms with E-state index in [9.17, 15) is 13.2 Å². The number of likely N-dealkylation sites (tertiary alicyclic amines) is 1. The lowest BCUT2D eigenvalue weighted by molar-refractivity contribution is -0.130. The van der Waals surface area contributed by atoms with Gasteiger partial charge in [0.25, 0.3) is 0 Å². The van der Waals surface area contributed by atoms with Crippen molar-refractivity contribution in [2.75, 3.05) is 25.0 Å². The third-order valence-corrected chi connectivity index (χ3v) is 5.95. The molecule has 1 aromatic heterocycles. The molecule has 0 aliphatic carbocycles. The number of aromatic nitrogens is 2. The Kier molecular flexibility index (Phi) is 5.89. The Morgan fingerprint density at radius 1 is 1.30 bits per heavy atom. The number of fused-ring (bicyclic) bond motifs is 1. The number of halogens is 2. The number of sulfonamides is 1. The number of piperidine rings is 1. The van der Waals surface area contributed by atoms with Crippen LogP contribution in [0.1, 0.15) is 12.8 Å². The summed E-state index contributed by atoms with van der Waals surface area (Å²) in [6, 6.07) is 1.29. The summed E-state index contributed by atoms with van der Waals surface area (Å²) in [5, 5.41) is 11.9. The van der Waals surface area contributed by atoms with Crippen molar-refractivity contribution in [2.45, 2.75) is 18.9 Å². The number of hydrogen-bond acceptors (Lipinski definition) is 7. The van der Waals surface area contributed by atoms with Gasteiger partial charge in [0.1, 0.15) is 0 Å². The van der Waals surface area contributed by atoms with Crippen LogP contribution in [0.5, 0.6) is 0 Å². The number of hydrogen-bond donors (Lipinski definition) is 2. The van der Waals surface area contributed by atoms with Gasteiger partial charge in [-0.1, -0.05) is 29.8 Å². The predicted octanol–water partition coefficient (Wildman–Crippen LogP) is 2.00. The van der Waals surface area contributed by atoms with Crippen LogP contribution >= 0.6 is 23.2 Å². The molecule has 146 valence electrons. The zero-order valence-electron chi connectivity index (χ0n) is 14.1. The lowest BCUT2D eigenvalue weighted by Crippen LogP contribution is -2.47. The van der Waals surface area contributed by atoms with Crippen LogP contribution in [0.15, 0.2) is 22.7 Å². The van der Waals surface area contributed by atoms with E-state index in [1.165, 1.54) is 6.07 Å². The Morgan fingerprint density at radius 2 is 1.96 bits per heavy atom. The van der Waals surface area contributed by atoms with Crippen LogP contribution in [0.3, 0.4) is 0 Å². The highest BCUT2D eigenvalue weighted by Gasteiger charge is 2.25. The first-order valence-electron chi connectivity index (χ1n) is 8.07. The summed E-state index contributed by atoms with van der Waals surface area (Å²) in [6.45, 7) is 4.15. The molecule has 12 heteroatoms. The number of carbonyl (C=O) groups excluding carboxylic acids is 1. The molecule has 0 spiro atoms. The van der Waals surface area contributed by atoms with Gasteiger partial charge in [0.05, 0.1) is 22.3 Å². The van der Waals surface area contributed by atoms with E-state index in [1.54, 1.807) is 4.90 Å². The number of carbonyl (C=O) groups is 1. The van der Waals surface area contributed by atoms with E-state index in [0.717, 1.165) is 5.41 Å². The summed E-state index contributed by atoms with van der Waals surface area (Å²) >= 11 is 12.2. The maximum Gasteiger partial charge on any atom is 0.241 e. The van der Waals surface area contributed by atoms with Gasteiger partial charge in [-0.2, -0.15) is 0 Å². The monoisotopic (exact) mass is 433 g/mol. The summed E-state index contributed by atoms with van der Waals surface area (Å²) < 4.78 is 30.3. The molecule has 1 amide bonds. The van der Waals surface area contributed by atoms with E-state index in [2.05, 4.69) is 31.6 Å². The average molecular weight is 434 g/mol. The smallest absolute Gasteiger partial charge is 0.241 e. The standard InChI is InChI=1S/C15H17Cl2N5O4S/c1-2-27(24,25)21-9-3-5-22(6-4-9)12(23)8-18-13-10(16)7-11(17)14-15(13)20-26-19-14/h2,7,9,18,21H,1,3-6,8H2. The first-order chi connectivity index (χ1) is 12.8. The highest BCUT2D eigenvalue weighted by Crippen LogP contribution is 2.34. The molecule has 0 unspecified atom stereocenters. The minimum Gasteiger partial charge on any atom is -0.373 e. The first-order valence-corrected chi connectivity index (χ1v) is 10.4. The zero-order valence-corrected chi connectivity index (χ0v) is 16.4. The lowest BCUT2D eigenvalue weighted by Gasteiger charge is -2.32. The van der Waals surface area contributed by atoms with Crippen LogP contribution < -0.4 is 10.0 Å². The number of amides is 1. The Morgan fingerprint density at radius 3 is 2.63 bits per heavy atom. The molecule has 27 heavy (non-hydrogen) atoms. The molecule has 3 rings (SSSR count). The highest BCUT2D eigenvalue weighted by molar-refractivity contribution is 7.92. The van der Waals surface area contributed by atoms with Gasteiger partial charge in [0.2, 0.25) is 15.9 Å². The molecule has 1 aliphatic rings. The molecule has 9 nitrogen and oxygen atoms in total. The molecule has 2 aromatic rings. The maximum atomic E-state index is 12.5. The average Bonchev–Trinajstić information content (AvgIpc) is 3.12. The van der Waals surface area contributed by atoms with Crippen molar-refractivity contribution in [1.82, 2.24) is 19.9 Å². The van der Waals surface area contributed by atoms with Crippen molar-refractivity contribution in [1.29, 1.82) is 0 Å². The summed E-state index contributed by atoms with van der Waals surface area (Å²) in [7, 11) is -3.48. The molecule has 1 aliphatic heterocycles. The number of rotatable bonds is 6.